The smallest absolute Gasteiger partial charge is 0.308 e. The second-order valence-electron chi connectivity index (χ2n) is 4.06. The number of esters is 1. The zero-order chi connectivity index (χ0) is 11.5. The van der Waals surface area contributed by atoms with Gasteiger partial charge in [-0.15, -0.1) is 0 Å². The van der Waals surface area contributed by atoms with Crippen LogP contribution in [0.25, 0.3) is 0 Å². The Hall–Kier alpha value is -0.570. The van der Waals surface area contributed by atoms with Crippen LogP contribution in [0.3, 0.4) is 0 Å². The Morgan fingerprint density at radius 1 is 1.27 bits per heavy atom. The van der Waals surface area contributed by atoms with Crippen LogP contribution in [0.5, 0.6) is 0 Å². The first-order valence-corrected chi connectivity index (χ1v) is 6.09. The molecule has 0 heterocycles. The molecule has 3 heteroatoms. The first-order chi connectivity index (χ1) is 7.22. The minimum absolute atomic E-state index is 0.0503. The molecule has 0 fully saturated rings. The largest absolute Gasteiger partial charge is 0.465 e. The number of carbonyl (C=O) groups is 1. The van der Waals surface area contributed by atoms with E-state index in [1.807, 2.05) is 6.92 Å². The van der Waals surface area contributed by atoms with Gasteiger partial charge in [0.15, 0.2) is 0 Å². The van der Waals surface area contributed by atoms with Crippen molar-refractivity contribution in [3.05, 3.63) is 0 Å². The van der Waals surface area contributed by atoms with Crippen molar-refractivity contribution < 1.29 is 9.53 Å². The Balaban J connectivity index is 3.30. The number of ether oxygens (including phenoxy) is 1. The normalized spacial score (nSPS) is 12.5. The lowest BCUT2D eigenvalue weighted by Gasteiger charge is -2.09. The fourth-order valence-corrected chi connectivity index (χ4v) is 1.39. The molecule has 1 atom stereocenters. The van der Waals surface area contributed by atoms with Gasteiger partial charge in [0.2, 0.25) is 0 Å². The van der Waals surface area contributed by atoms with E-state index in [4.69, 9.17) is 10.5 Å². The maximum atomic E-state index is 11.3. The van der Waals surface area contributed by atoms with Crippen molar-refractivity contribution in [3.63, 3.8) is 0 Å². The zero-order valence-corrected chi connectivity index (χ0v) is 10.1. The summed E-state index contributed by atoms with van der Waals surface area (Å²) in [4.78, 5) is 11.3. The summed E-state index contributed by atoms with van der Waals surface area (Å²) in [6.07, 6.45) is 6.62. The average Bonchev–Trinajstić information content (AvgIpc) is 2.23. The topological polar surface area (TPSA) is 52.3 Å². The molecule has 1 unspecified atom stereocenters. The van der Waals surface area contributed by atoms with E-state index in [-0.39, 0.29) is 11.9 Å². The van der Waals surface area contributed by atoms with E-state index >= 15 is 0 Å². The highest BCUT2D eigenvalue weighted by molar-refractivity contribution is 5.71. The lowest BCUT2D eigenvalue weighted by molar-refractivity contribution is -0.148. The van der Waals surface area contributed by atoms with E-state index in [1.54, 1.807) is 0 Å². The molecule has 0 aliphatic rings. The average molecular weight is 215 g/mol. The monoisotopic (exact) mass is 215 g/mol. The van der Waals surface area contributed by atoms with E-state index in [0.717, 1.165) is 12.8 Å². The second kappa shape index (κ2) is 9.97. The second-order valence-corrected chi connectivity index (χ2v) is 4.06. The molecule has 0 rings (SSSR count). The Bertz CT molecular complexity index is 160. The number of hydrogen-bond donors (Lipinski definition) is 1. The molecule has 0 aliphatic carbocycles. The minimum Gasteiger partial charge on any atom is -0.465 e. The fourth-order valence-electron chi connectivity index (χ4n) is 1.39. The van der Waals surface area contributed by atoms with Crippen molar-refractivity contribution in [1.29, 1.82) is 0 Å². The number of nitrogens with two attached hydrogens (primary N) is 1. The molecule has 0 aromatic rings. The molecule has 0 saturated heterocycles. The van der Waals surface area contributed by atoms with Gasteiger partial charge in [-0.3, -0.25) is 4.79 Å². The third-order valence-electron chi connectivity index (χ3n) is 2.49. The van der Waals surface area contributed by atoms with Gasteiger partial charge < -0.3 is 10.5 Å². The third kappa shape index (κ3) is 8.43. The van der Waals surface area contributed by atoms with Crippen LogP contribution in [0.15, 0.2) is 0 Å². The predicted octanol–water partition coefficient (Wildman–Crippen LogP) is 2.48. The van der Waals surface area contributed by atoms with Gasteiger partial charge in [-0.2, -0.15) is 0 Å². The highest BCUT2D eigenvalue weighted by Crippen LogP contribution is 2.06. The molecule has 15 heavy (non-hydrogen) atoms. The van der Waals surface area contributed by atoms with Crippen LogP contribution in [0.4, 0.5) is 0 Å². The van der Waals surface area contributed by atoms with Crippen LogP contribution in [-0.2, 0) is 9.53 Å². The predicted molar refractivity (Wildman–Crippen MR) is 62.6 cm³/mol. The summed E-state index contributed by atoms with van der Waals surface area (Å²) in [6, 6.07) is 0. The first kappa shape index (κ1) is 14.4. The molecule has 0 aromatic carbocycles. The minimum atomic E-state index is -0.101. The molecule has 0 spiro atoms. The van der Waals surface area contributed by atoms with Crippen LogP contribution in [0, 0.1) is 5.92 Å². The molecule has 0 aliphatic heterocycles. The van der Waals surface area contributed by atoms with E-state index < -0.39 is 0 Å². The van der Waals surface area contributed by atoms with Crippen molar-refractivity contribution in [2.45, 2.75) is 52.4 Å². The van der Waals surface area contributed by atoms with Crippen molar-refractivity contribution >= 4 is 5.97 Å². The van der Waals surface area contributed by atoms with Crippen LogP contribution in [0.2, 0.25) is 0 Å². The fraction of sp³-hybridized carbons (Fsp3) is 0.917. The van der Waals surface area contributed by atoms with Crippen LogP contribution < -0.4 is 5.73 Å². The summed E-state index contributed by atoms with van der Waals surface area (Å²) in [6.45, 7) is 5.17. The van der Waals surface area contributed by atoms with Crippen molar-refractivity contribution in [1.82, 2.24) is 0 Å². The molecule has 0 amide bonds. The molecule has 0 bridgehead atoms. The molecular formula is C12H25NO2. The SMILES string of the molecule is CCCCCCCOC(=O)C(C)CCN. The van der Waals surface area contributed by atoms with Crippen molar-refractivity contribution in [3.8, 4) is 0 Å². The highest BCUT2D eigenvalue weighted by atomic mass is 16.5. The van der Waals surface area contributed by atoms with Gasteiger partial charge in [-0.05, 0) is 19.4 Å². The summed E-state index contributed by atoms with van der Waals surface area (Å²) in [7, 11) is 0. The van der Waals surface area contributed by atoms with E-state index in [0.29, 0.717) is 19.6 Å². The van der Waals surface area contributed by atoms with Gasteiger partial charge in [0.05, 0.1) is 12.5 Å². The number of rotatable bonds is 9. The highest BCUT2D eigenvalue weighted by Gasteiger charge is 2.12. The lowest BCUT2D eigenvalue weighted by atomic mass is 10.1. The summed E-state index contributed by atoms with van der Waals surface area (Å²) in [5.74, 6) is -0.151. The number of hydrogen-bond acceptors (Lipinski definition) is 3. The van der Waals surface area contributed by atoms with Crippen molar-refractivity contribution in [2.24, 2.45) is 11.7 Å². The van der Waals surface area contributed by atoms with E-state index in [9.17, 15) is 4.79 Å². The van der Waals surface area contributed by atoms with Gasteiger partial charge in [0, 0.05) is 0 Å². The third-order valence-corrected chi connectivity index (χ3v) is 2.49. The van der Waals surface area contributed by atoms with E-state index in [1.165, 1.54) is 19.3 Å². The summed E-state index contributed by atoms with van der Waals surface area (Å²) >= 11 is 0. The quantitative estimate of drug-likeness (QED) is 0.475. The Labute approximate surface area is 93.4 Å². The number of carbonyl (C=O) groups excluding carboxylic acids is 1. The maximum Gasteiger partial charge on any atom is 0.308 e. The first-order valence-electron chi connectivity index (χ1n) is 6.09. The molecule has 0 aromatic heterocycles. The zero-order valence-electron chi connectivity index (χ0n) is 10.1. The standard InChI is InChI=1S/C12H25NO2/c1-3-4-5-6-7-10-15-12(14)11(2)8-9-13/h11H,3-10,13H2,1-2H3. The van der Waals surface area contributed by atoms with Crippen LogP contribution in [-0.4, -0.2) is 19.1 Å². The lowest BCUT2D eigenvalue weighted by Crippen LogP contribution is -2.18. The van der Waals surface area contributed by atoms with E-state index in [2.05, 4.69) is 6.92 Å². The Morgan fingerprint density at radius 3 is 2.53 bits per heavy atom. The molecule has 0 saturated carbocycles. The van der Waals surface area contributed by atoms with Gasteiger partial charge in [-0.1, -0.05) is 39.5 Å². The summed E-state index contributed by atoms with van der Waals surface area (Å²) in [5, 5.41) is 0. The van der Waals surface area contributed by atoms with Gasteiger partial charge >= 0.3 is 5.97 Å². The maximum absolute atomic E-state index is 11.3. The Kier molecular flexibility index (Phi) is 9.59. The van der Waals surface area contributed by atoms with Crippen molar-refractivity contribution in [2.75, 3.05) is 13.2 Å². The molecule has 0 radical (unpaired) electrons. The van der Waals surface area contributed by atoms with Crippen LogP contribution in [0.1, 0.15) is 52.4 Å². The molecule has 2 N–H and O–H groups in total. The number of unbranched alkanes of at least 4 members (excludes halogenated alkanes) is 4. The molecule has 3 nitrogen and oxygen atoms in total. The van der Waals surface area contributed by atoms with Gasteiger partial charge in [-0.25, -0.2) is 0 Å². The Morgan fingerprint density at radius 2 is 1.93 bits per heavy atom. The van der Waals surface area contributed by atoms with Gasteiger partial charge in [0.1, 0.15) is 0 Å². The molecular weight excluding hydrogens is 190 g/mol. The summed E-state index contributed by atoms with van der Waals surface area (Å²) in [5.41, 5.74) is 5.37. The molecule has 90 valence electrons. The van der Waals surface area contributed by atoms with Crippen LogP contribution >= 0.6 is 0 Å². The van der Waals surface area contributed by atoms with Gasteiger partial charge in [0.25, 0.3) is 0 Å². The summed E-state index contributed by atoms with van der Waals surface area (Å²) < 4.78 is 5.14.